The lowest BCUT2D eigenvalue weighted by Gasteiger charge is -2.14. The first kappa shape index (κ1) is 18.0. The van der Waals surface area contributed by atoms with E-state index < -0.39 is 11.9 Å². The summed E-state index contributed by atoms with van der Waals surface area (Å²) in [4.78, 5) is 19.1. The van der Waals surface area contributed by atoms with Gasteiger partial charge in [-0.1, -0.05) is 0 Å². The Morgan fingerprint density at radius 3 is 2.38 bits per heavy atom. The number of phenols is 1. The van der Waals surface area contributed by atoms with Crippen molar-refractivity contribution in [1.82, 2.24) is 9.88 Å². The molecule has 1 fully saturated rings. The summed E-state index contributed by atoms with van der Waals surface area (Å²) in [7, 11) is 2.14. The molecule has 1 aromatic carbocycles. The van der Waals surface area contributed by atoms with E-state index in [1.165, 1.54) is 41.4 Å². The van der Waals surface area contributed by atoms with Crippen LogP contribution >= 0.6 is 0 Å². The molecule has 0 bridgehead atoms. The molecule has 26 heavy (non-hydrogen) atoms. The Labute approximate surface area is 150 Å². The van der Waals surface area contributed by atoms with Crippen LogP contribution in [0.5, 0.6) is 5.75 Å². The summed E-state index contributed by atoms with van der Waals surface area (Å²) in [6.07, 6.45) is 6.10. The molecule has 1 atom stereocenters. The molecule has 0 amide bonds. The molecule has 0 saturated heterocycles. The largest absolute Gasteiger partial charge is 0.508 e. The van der Waals surface area contributed by atoms with Crippen molar-refractivity contribution in [2.24, 2.45) is 7.05 Å². The van der Waals surface area contributed by atoms with E-state index in [0.29, 0.717) is 23.9 Å². The maximum atomic E-state index is 9.67. The van der Waals surface area contributed by atoms with Crippen LogP contribution in [0.25, 0.3) is 10.9 Å². The van der Waals surface area contributed by atoms with Gasteiger partial charge in [-0.2, -0.15) is 0 Å². The number of carboxylic acid groups (broad SMARTS) is 2. The molecule has 1 heterocycles. The van der Waals surface area contributed by atoms with Gasteiger partial charge in [-0.25, -0.2) is 9.59 Å². The molecule has 2 aliphatic rings. The summed E-state index contributed by atoms with van der Waals surface area (Å²) in [5, 5.41) is 30.3. The SMILES string of the molecule is Cn1c2c(c3cc(O)ccc31)CCC2NC1CC1.O=C(O)C=CC(=O)O. The molecule has 1 unspecified atom stereocenters. The van der Waals surface area contributed by atoms with Gasteiger partial charge in [0.25, 0.3) is 0 Å². The van der Waals surface area contributed by atoms with Crippen molar-refractivity contribution in [1.29, 1.82) is 0 Å². The third kappa shape index (κ3) is 3.88. The van der Waals surface area contributed by atoms with Crippen LogP contribution in [-0.4, -0.2) is 37.9 Å². The van der Waals surface area contributed by atoms with Gasteiger partial charge in [0.2, 0.25) is 0 Å². The molecule has 0 spiro atoms. The Morgan fingerprint density at radius 2 is 1.81 bits per heavy atom. The van der Waals surface area contributed by atoms with Crippen molar-refractivity contribution in [3.63, 3.8) is 0 Å². The molecule has 7 nitrogen and oxygen atoms in total. The lowest BCUT2D eigenvalue weighted by atomic mass is 10.1. The van der Waals surface area contributed by atoms with Crippen LogP contribution in [0, 0.1) is 0 Å². The van der Waals surface area contributed by atoms with Crippen LogP contribution in [0.1, 0.15) is 36.6 Å². The number of aromatic hydroxyl groups is 1. The van der Waals surface area contributed by atoms with E-state index in [9.17, 15) is 14.7 Å². The van der Waals surface area contributed by atoms with Crippen LogP contribution in [0.2, 0.25) is 0 Å². The lowest BCUT2D eigenvalue weighted by Crippen LogP contribution is -2.23. The second-order valence-corrected chi connectivity index (χ2v) is 6.67. The van der Waals surface area contributed by atoms with Crippen LogP contribution < -0.4 is 5.32 Å². The third-order valence-electron chi connectivity index (χ3n) is 4.73. The molecule has 2 aliphatic carbocycles. The van der Waals surface area contributed by atoms with Gasteiger partial charge in [0, 0.05) is 47.9 Å². The van der Waals surface area contributed by atoms with Gasteiger partial charge in [-0.15, -0.1) is 0 Å². The Bertz CT molecular complexity index is 864. The highest BCUT2D eigenvalue weighted by atomic mass is 16.4. The van der Waals surface area contributed by atoms with Gasteiger partial charge in [0.15, 0.2) is 0 Å². The third-order valence-corrected chi connectivity index (χ3v) is 4.73. The van der Waals surface area contributed by atoms with E-state index in [-0.39, 0.29) is 0 Å². The molecule has 0 aliphatic heterocycles. The van der Waals surface area contributed by atoms with Crippen LogP contribution in [0.15, 0.2) is 30.4 Å². The zero-order chi connectivity index (χ0) is 18.8. The van der Waals surface area contributed by atoms with Crippen molar-refractivity contribution in [3.05, 3.63) is 41.6 Å². The number of hydrogen-bond acceptors (Lipinski definition) is 4. The van der Waals surface area contributed by atoms with Crippen molar-refractivity contribution >= 4 is 22.8 Å². The lowest BCUT2D eigenvalue weighted by molar-refractivity contribution is -0.134. The fraction of sp³-hybridized carbons (Fsp3) is 0.368. The van der Waals surface area contributed by atoms with Gasteiger partial charge in [0.05, 0.1) is 0 Å². The molecular weight excluding hydrogens is 336 g/mol. The maximum absolute atomic E-state index is 9.67. The maximum Gasteiger partial charge on any atom is 0.328 e. The van der Waals surface area contributed by atoms with Crippen molar-refractivity contribution in [2.75, 3.05) is 0 Å². The molecule has 1 saturated carbocycles. The van der Waals surface area contributed by atoms with E-state index in [1.54, 1.807) is 6.07 Å². The van der Waals surface area contributed by atoms with E-state index in [0.717, 1.165) is 12.5 Å². The van der Waals surface area contributed by atoms with Gasteiger partial charge < -0.3 is 25.2 Å². The monoisotopic (exact) mass is 358 g/mol. The Kier molecular flexibility index (Phi) is 4.99. The van der Waals surface area contributed by atoms with Crippen molar-refractivity contribution < 1.29 is 24.9 Å². The van der Waals surface area contributed by atoms with E-state index in [2.05, 4.69) is 16.9 Å². The first-order valence-electron chi connectivity index (χ1n) is 8.57. The van der Waals surface area contributed by atoms with E-state index in [4.69, 9.17) is 10.2 Å². The molecule has 4 N–H and O–H groups in total. The van der Waals surface area contributed by atoms with Gasteiger partial charge in [-0.3, -0.25) is 0 Å². The predicted molar refractivity (Wildman–Crippen MR) is 96.2 cm³/mol. The minimum absolute atomic E-state index is 0.370. The number of carboxylic acids is 2. The number of nitrogens with zero attached hydrogens (tertiary/aromatic N) is 1. The number of hydrogen-bond donors (Lipinski definition) is 4. The summed E-state index contributed by atoms with van der Waals surface area (Å²) in [5.74, 6) is -2.14. The molecular formula is C19H22N2O5. The molecule has 1 aromatic heterocycles. The molecule has 0 radical (unpaired) electrons. The fourth-order valence-electron chi connectivity index (χ4n) is 3.50. The van der Waals surface area contributed by atoms with E-state index >= 15 is 0 Å². The minimum atomic E-state index is -1.26. The summed E-state index contributed by atoms with van der Waals surface area (Å²) >= 11 is 0. The smallest absolute Gasteiger partial charge is 0.328 e. The van der Waals surface area contributed by atoms with Crippen LogP contribution in [-0.2, 0) is 23.1 Å². The van der Waals surface area contributed by atoms with Crippen molar-refractivity contribution in [3.8, 4) is 5.75 Å². The number of aliphatic carboxylic acids is 2. The second-order valence-electron chi connectivity index (χ2n) is 6.67. The summed E-state index contributed by atoms with van der Waals surface area (Å²) in [6, 6.07) is 6.96. The number of phenolic OH excluding ortho intramolecular Hbond substituents is 1. The molecule has 4 rings (SSSR count). The van der Waals surface area contributed by atoms with Gasteiger partial charge >= 0.3 is 11.9 Å². The number of fused-ring (bicyclic) bond motifs is 3. The highest BCUT2D eigenvalue weighted by Crippen LogP contribution is 2.40. The zero-order valence-electron chi connectivity index (χ0n) is 14.5. The van der Waals surface area contributed by atoms with Gasteiger partial charge in [0.1, 0.15) is 5.75 Å². The van der Waals surface area contributed by atoms with Crippen LogP contribution in [0.3, 0.4) is 0 Å². The highest BCUT2D eigenvalue weighted by Gasteiger charge is 2.33. The quantitative estimate of drug-likeness (QED) is 0.624. The summed E-state index contributed by atoms with van der Waals surface area (Å²) < 4.78 is 2.30. The summed E-state index contributed by atoms with van der Waals surface area (Å²) in [5.41, 5.74) is 4.10. The fourth-order valence-corrected chi connectivity index (χ4v) is 3.50. The van der Waals surface area contributed by atoms with Gasteiger partial charge in [-0.05, 0) is 49.4 Å². The summed E-state index contributed by atoms with van der Waals surface area (Å²) in [6.45, 7) is 0. The second kappa shape index (κ2) is 7.21. The van der Waals surface area contributed by atoms with E-state index in [1.807, 2.05) is 12.1 Å². The number of carbonyl (C=O) groups is 2. The zero-order valence-corrected chi connectivity index (χ0v) is 14.5. The number of nitrogens with one attached hydrogen (secondary N) is 1. The average Bonchev–Trinajstić information content (AvgIpc) is 3.23. The first-order chi connectivity index (χ1) is 12.4. The molecule has 2 aromatic rings. The Hall–Kier alpha value is -2.80. The predicted octanol–water partition coefficient (Wildman–Crippen LogP) is 2.33. The van der Waals surface area contributed by atoms with Crippen molar-refractivity contribution in [2.45, 2.75) is 37.8 Å². The normalized spacial score (nSPS) is 18.6. The number of benzene rings is 1. The minimum Gasteiger partial charge on any atom is -0.508 e. The number of aryl methyl sites for hydroxylation is 2. The Balaban J connectivity index is 0.000000211. The topological polar surface area (TPSA) is 112 Å². The number of rotatable bonds is 4. The number of aromatic nitrogens is 1. The standard InChI is InChI=1S/C15H18N2O.C4H4O4/c1-17-14-7-4-10(18)8-12(14)11-5-6-13(15(11)17)16-9-2-3-9;5-3(6)1-2-4(7)8/h4,7-9,13,16,18H,2-3,5-6H2,1H3;1-2H,(H,5,6)(H,7,8). The molecule has 7 heteroatoms. The molecule has 138 valence electrons. The van der Waals surface area contributed by atoms with Crippen LogP contribution in [0.4, 0.5) is 0 Å². The highest BCUT2D eigenvalue weighted by molar-refractivity contribution is 5.89. The first-order valence-corrected chi connectivity index (χ1v) is 8.57. The Morgan fingerprint density at radius 1 is 1.15 bits per heavy atom. The average molecular weight is 358 g/mol.